The number of terminal acetylenes is 1. The maximum atomic E-state index is 5.64. The van der Waals surface area contributed by atoms with Gasteiger partial charge in [0.2, 0.25) is 5.88 Å². The van der Waals surface area contributed by atoms with Gasteiger partial charge in [0.05, 0.1) is 0 Å². The lowest BCUT2D eigenvalue weighted by Gasteiger charge is -2.12. The van der Waals surface area contributed by atoms with Gasteiger partial charge in [0, 0.05) is 12.3 Å². The van der Waals surface area contributed by atoms with E-state index < -0.39 is 0 Å². The van der Waals surface area contributed by atoms with Crippen molar-refractivity contribution < 1.29 is 4.74 Å². The van der Waals surface area contributed by atoms with Crippen LogP contribution in [0, 0.1) is 12.3 Å². The van der Waals surface area contributed by atoms with Gasteiger partial charge in [0.25, 0.3) is 0 Å². The molecule has 1 aromatic carbocycles. The Morgan fingerprint density at radius 2 is 1.89 bits per heavy atom. The molecule has 90 valence electrons. The van der Waals surface area contributed by atoms with Crippen molar-refractivity contribution in [2.45, 2.75) is 18.9 Å². The van der Waals surface area contributed by atoms with Crippen molar-refractivity contribution in [1.82, 2.24) is 4.98 Å². The fourth-order valence-corrected chi connectivity index (χ4v) is 1.68. The summed E-state index contributed by atoms with van der Waals surface area (Å²) >= 11 is 0. The standard InChI is InChI=1S/C16H15NO/c1-2-15(18-16-10-6-7-13-17-16)12-11-14-8-4-3-5-9-14/h1,3-10,13,15H,11-12H2/t15-/m0/s1. The third-order valence-corrected chi connectivity index (χ3v) is 2.62. The molecule has 1 atom stereocenters. The van der Waals surface area contributed by atoms with E-state index in [4.69, 9.17) is 11.2 Å². The molecule has 0 bridgehead atoms. The van der Waals surface area contributed by atoms with E-state index in [0.29, 0.717) is 5.88 Å². The molecule has 2 nitrogen and oxygen atoms in total. The second-order valence-corrected chi connectivity index (χ2v) is 3.97. The second-order valence-electron chi connectivity index (χ2n) is 3.97. The lowest BCUT2D eigenvalue weighted by Crippen LogP contribution is -2.15. The van der Waals surface area contributed by atoms with Crippen LogP contribution in [0.25, 0.3) is 0 Å². The van der Waals surface area contributed by atoms with Gasteiger partial charge >= 0.3 is 0 Å². The van der Waals surface area contributed by atoms with Crippen LogP contribution in [0.15, 0.2) is 54.7 Å². The summed E-state index contributed by atoms with van der Waals surface area (Å²) < 4.78 is 5.64. The fourth-order valence-electron chi connectivity index (χ4n) is 1.68. The number of pyridine rings is 1. The molecule has 0 aliphatic carbocycles. The SMILES string of the molecule is C#C[C@@H](CCc1ccccc1)Oc1ccccn1. The lowest BCUT2D eigenvalue weighted by molar-refractivity contribution is 0.238. The molecular formula is C16H15NO. The molecule has 0 aliphatic rings. The fraction of sp³-hybridized carbons (Fsp3) is 0.188. The number of hydrogen-bond donors (Lipinski definition) is 0. The Morgan fingerprint density at radius 3 is 2.56 bits per heavy atom. The van der Waals surface area contributed by atoms with Gasteiger partial charge in [0.15, 0.2) is 6.10 Å². The zero-order chi connectivity index (χ0) is 12.6. The smallest absolute Gasteiger partial charge is 0.214 e. The number of benzene rings is 1. The second kappa shape index (κ2) is 6.46. The molecule has 1 aromatic heterocycles. The van der Waals surface area contributed by atoms with E-state index in [9.17, 15) is 0 Å². The predicted molar refractivity (Wildman–Crippen MR) is 72.2 cm³/mol. The van der Waals surface area contributed by atoms with Gasteiger partial charge in [-0.2, -0.15) is 0 Å². The summed E-state index contributed by atoms with van der Waals surface area (Å²) in [6.45, 7) is 0. The first-order valence-corrected chi connectivity index (χ1v) is 5.96. The van der Waals surface area contributed by atoms with Gasteiger partial charge in [-0.1, -0.05) is 42.3 Å². The Balaban J connectivity index is 1.89. The van der Waals surface area contributed by atoms with E-state index >= 15 is 0 Å². The number of nitrogens with zero attached hydrogens (tertiary/aromatic N) is 1. The highest BCUT2D eigenvalue weighted by Gasteiger charge is 2.07. The Labute approximate surface area is 108 Å². The molecule has 1 heterocycles. The average Bonchev–Trinajstić information content (AvgIpc) is 2.45. The molecule has 2 heteroatoms. The molecule has 0 radical (unpaired) electrons. The highest BCUT2D eigenvalue weighted by Crippen LogP contribution is 2.11. The molecule has 0 aliphatic heterocycles. The molecule has 2 aromatic rings. The van der Waals surface area contributed by atoms with Crippen LogP contribution in [0.4, 0.5) is 0 Å². The van der Waals surface area contributed by atoms with Crippen molar-refractivity contribution in [2.24, 2.45) is 0 Å². The average molecular weight is 237 g/mol. The molecule has 0 unspecified atom stereocenters. The molecule has 18 heavy (non-hydrogen) atoms. The third-order valence-electron chi connectivity index (χ3n) is 2.62. The Hall–Kier alpha value is -2.27. The Bertz CT molecular complexity index is 502. The largest absolute Gasteiger partial charge is 0.461 e. The minimum atomic E-state index is -0.236. The van der Waals surface area contributed by atoms with E-state index in [1.165, 1.54) is 5.56 Å². The molecule has 0 N–H and O–H groups in total. The van der Waals surface area contributed by atoms with Crippen molar-refractivity contribution in [3.8, 4) is 18.2 Å². The number of aryl methyl sites for hydroxylation is 1. The van der Waals surface area contributed by atoms with Gasteiger partial charge < -0.3 is 4.74 Å². The number of hydrogen-bond acceptors (Lipinski definition) is 2. The zero-order valence-electron chi connectivity index (χ0n) is 10.1. The van der Waals surface area contributed by atoms with Crippen LogP contribution < -0.4 is 4.74 Å². The summed E-state index contributed by atoms with van der Waals surface area (Å²) in [6.07, 6.45) is 8.63. The van der Waals surface area contributed by atoms with E-state index in [1.807, 2.05) is 36.4 Å². The first-order chi connectivity index (χ1) is 8.88. The summed E-state index contributed by atoms with van der Waals surface area (Å²) in [7, 11) is 0. The van der Waals surface area contributed by atoms with Gasteiger partial charge in [-0.15, -0.1) is 6.42 Å². The van der Waals surface area contributed by atoms with Crippen molar-refractivity contribution in [1.29, 1.82) is 0 Å². The van der Waals surface area contributed by atoms with E-state index in [1.54, 1.807) is 6.20 Å². The van der Waals surface area contributed by atoms with Crippen molar-refractivity contribution in [3.63, 3.8) is 0 Å². The maximum Gasteiger partial charge on any atom is 0.214 e. The molecular weight excluding hydrogens is 222 g/mol. The zero-order valence-corrected chi connectivity index (χ0v) is 10.1. The van der Waals surface area contributed by atoms with E-state index in [0.717, 1.165) is 12.8 Å². The lowest BCUT2D eigenvalue weighted by atomic mass is 10.1. The quantitative estimate of drug-likeness (QED) is 0.745. The van der Waals surface area contributed by atoms with Gasteiger partial charge in [0.1, 0.15) is 0 Å². The minimum absolute atomic E-state index is 0.236. The molecule has 0 saturated carbocycles. The van der Waals surface area contributed by atoms with Crippen molar-refractivity contribution >= 4 is 0 Å². The highest BCUT2D eigenvalue weighted by molar-refractivity contribution is 5.16. The van der Waals surface area contributed by atoms with E-state index in [2.05, 4.69) is 23.0 Å². The summed E-state index contributed by atoms with van der Waals surface area (Å²) in [5.41, 5.74) is 1.27. The maximum absolute atomic E-state index is 5.64. The topological polar surface area (TPSA) is 22.1 Å². The van der Waals surface area contributed by atoms with Crippen LogP contribution in [-0.4, -0.2) is 11.1 Å². The molecule has 2 rings (SSSR count). The Kier molecular flexibility index (Phi) is 4.38. The Morgan fingerprint density at radius 1 is 1.11 bits per heavy atom. The van der Waals surface area contributed by atoms with Crippen LogP contribution in [-0.2, 0) is 6.42 Å². The number of aromatic nitrogens is 1. The summed E-state index contributed by atoms with van der Waals surface area (Å²) in [6, 6.07) is 15.8. The van der Waals surface area contributed by atoms with Gasteiger partial charge in [-0.25, -0.2) is 4.98 Å². The van der Waals surface area contributed by atoms with Crippen LogP contribution in [0.3, 0.4) is 0 Å². The molecule has 0 saturated heterocycles. The van der Waals surface area contributed by atoms with Crippen LogP contribution in [0.5, 0.6) is 5.88 Å². The van der Waals surface area contributed by atoms with Gasteiger partial charge in [-0.3, -0.25) is 0 Å². The molecule has 0 fully saturated rings. The van der Waals surface area contributed by atoms with Gasteiger partial charge in [-0.05, 0) is 24.5 Å². The summed E-state index contributed by atoms with van der Waals surface area (Å²) in [4.78, 5) is 4.10. The summed E-state index contributed by atoms with van der Waals surface area (Å²) in [5.74, 6) is 3.24. The van der Waals surface area contributed by atoms with Crippen molar-refractivity contribution in [3.05, 3.63) is 60.3 Å². The van der Waals surface area contributed by atoms with Crippen LogP contribution >= 0.6 is 0 Å². The highest BCUT2D eigenvalue weighted by atomic mass is 16.5. The predicted octanol–water partition coefficient (Wildman–Crippen LogP) is 3.10. The third kappa shape index (κ3) is 3.64. The number of rotatable bonds is 5. The first-order valence-electron chi connectivity index (χ1n) is 5.96. The number of ether oxygens (including phenoxy) is 1. The molecule has 0 amide bonds. The monoisotopic (exact) mass is 237 g/mol. The first kappa shape index (κ1) is 12.2. The summed E-state index contributed by atoms with van der Waals surface area (Å²) in [5, 5.41) is 0. The van der Waals surface area contributed by atoms with Crippen LogP contribution in [0.1, 0.15) is 12.0 Å². The normalized spacial score (nSPS) is 11.5. The molecule has 0 spiro atoms. The van der Waals surface area contributed by atoms with Crippen molar-refractivity contribution in [2.75, 3.05) is 0 Å². The van der Waals surface area contributed by atoms with Crippen LogP contribution in [0.2, 0.25) is 0 Å². The van der Waals surface area contributed by atoms with E-state index in [-0.39, 0.29) is 6.10 Å². The minimum Gasteiger partial charge on any atom is -0.461 e.